The maximum Gasteiger partial charge on any atom is 0.179 e. The molecular formula is C17H23FN4O. The van der Waals surface area contributed by atoms with Crippen molar-refractivity contribution in [3.63, 3.8) is 0 Å². The number of pyridine rings is 1. The highest BCUT2D eigenvalue weighted by molar-refractivity contribution is 6.09. The average Bonchev–Trinajstić information content (AvgIpc) is 2.56. The highest BCUT2D eigenvalue weighted by Crippen LogP contribution is 2.23. The zero-order chi connectivity index (χ0) is 16.4. The Morgan fingerprint density at radius 2 is 2.22 bits per heavy atom. The molecular weight excluding hydrogens is 295 g/mol. The molecule has 0 aromatic carbocycles. The minimum Gasteiger partial charge on any atom is -0.378 e. The first-order valence-corrected chi connectivity index (χ1v) is 7.99. The van der Waals surface area contributed by atoms with Gasteiger partial charge in [0.1, 0.15) is 0 Å². The summed E-state index contributed by atoms with van der Waals surface area (Å²) in [7, 11) is 2.00. The number of aromatic nitrogens is 1. The van der Waals surface area contributed by atoms with Gasteiger partial charge in [0, 0.05) is 37.6 Å². The Kier molecular flexibility index (Phi) is 4.73. The van der Waals surface area contributed by atoms with Gasteiger partial charge in [-0.15, -0.1) is 0 Å². The Morgan fingerprint density at radius 3 is 2.96 bits per heavy atom. The molecule has 5 nitrogen and oxygen atoms in total. The molecule has 2 aliphatic heterocycles. The summed E-state index contributed by atoms with van der Waals surface area (Å²) < 4.78 is 19.7. The highest BCUT2D eigenvalue weighted by atomic mass is 19.1. The first-order chi connectivity index (χ1) is 11.1. The van der Waals surface area contributed by atoms with E-state index in [0.29, 0.717) is 36.4 Å². The molecule has 0 saturated carbocycles. The second kappa shape index (κ2) is 6.76. The maximum absolute atomic E-state index is 14.0. The molecule has 0 bridgehead atoms. The van der Waals surface area contributed by atoms with Crippen LogP contribution in [0, 0.1) is 11.7 Å². The zero-order valence-corrected chi connectivity index (χ0v) is 13.8. The fourth-order valence-corrected chi connectivity index (χ4v) is 3.07. The largest absolute Gasteiger partial charge is 0.378 e. The molecule has 6 heteroatoms. The van der Waals surface area contributed by atoms with Gasteiger partial charge < -0.3 is 9.64 Å². The number of rotatable bonds is 3. The van der Waals surface area contributed by atoms with Gasteiger partial charge >= 0.3 is 0 Å². The quantitative estimate of drug-likeness (QED) is 0.856. The monoisotopic (exact) mass is 318 g/mol. The van der Waals surface area contributed by atoms with E-state index in [1.165, 1.54) is 6.20 Å². The van der Waals surface area contributed by atoms with Crippen molar-refractivity contribution in [2.75, 3.05) is 26.8 Å². The van der Waals surface area contributed by atoms with Gasteiger partial charge in [0.15, 0.2) is 12.1 Å². The van der Waals surface area contributed by atoms with Crippen LogP contribution >= 0.6 is 0 Å². The minimum absolute atomic E-state index is 0.140. The van der Waals surface area contributed by atoms with E-state index < -0.39 is 0 Å². The zero-order valence-electron chi connectivity index (χ0n) is 13.8. The molecule has 2 atom stereocenters. The second-order valence-electron chi connectivity index (χ2n) is 6.32. The predicted octanol–water partition coefficient (Wildman–Crippen LogP) is 2.11. The number of halogens is 1. The van der Waals surface area contributed by atoms with E-state index in [1.54, 1.807) is 12.3 Å². The number of ether oxygens (including phenoxy) is 1. The van der Waals surface area contributed by atoms with Crippen molar-refractivity contribution in [1.29, 1.82) is 0 Å². The SMILES string of the molecule is CC(C)[C@@H]1COCCN1C1N=C(c2ccncc2F)C=CN1C. The highest BCUT2D eigenvalue weighted by Gasteiger charge is 2.34. The van der Waals surface area contributed by atoms with Crippen LogP contribution in [0.15, 0.2) is 35.7 Å². The average molecular weight is 318 g/mol. The summed E-state index contributed by atoms with van der Waals surface area (Å²) in [6.45, 7) is 6.61. The molecule has 3 heterocycles. The number of hydrogen-bond donors (Lipinski definition) is 0. The molecule has 1 unspecified atom stereocenters. The van der Waals surface area contributed by atoms with Gasteiger partial charge in [-0.1, -0.05) is 13.8 Å². The number of hydrogen-bond acceptors (Lipinski definition) is 5. The van der Waals surface area contributed by atoms with Crippen LogP contribution in [-0.2, 0) is 4.74 Å². The fraction of sp³-hybridized carbons (Fsp3) is 0.529. The molecule has 1 aromatic rings. The fourth-order valence-electron chi connectivity index (χ4n) is 3.07. The van der Waals surface area contributed by atoms with Gasteiger partial charge in [0.05, 0.1) is 25.1 Å². The van der Waals surface area contributed by atoms with Crippen molar-refractivity contribution >= 4 is 5.71 Å². The lowest BCUT2D eigenvalue weighted by Gasteiger charge is -2.44. The van der Waals surface area contributed by atoms with Gasteiger partial charge in [-0.3, -0.25) is 9.88 Å². The topological polar surface area (TPSA) is 41.0 Å². The van der Waals surface area contributed by atoms with Crippen molar-refractivity contribution in [3.8, 4) is 0 Å². The smallest absolute Gasteiger partial charge is 0.179 e. The number of aliphatic imine (C=N–C) groups is 1. The van der Waals surface area contributed by atoms with Crippen molar-refractivity contribution in [2.24, 2.45) is 10.9 Å². The minimum atomic E-state index is -0.346. The summed E-state index contributed by atoms with van der Waals surface area (Å²) in [5, 5.41) is 0. The summed E-state index contributed by atoms with van der Waals surface area (Å²) in [5.74, 6) is 0.118. The van der Waals surface area contributed by atoms with Crippen LogP contribution in [0.1, 0.15) is 19.4 Å². The van der Waals surface area contributed by atoms with E-state index in [0.717, 1.165) is 6.54 Å². The number of morpholine rings is 1. The summed E-state index contributed by atoms with van der Waals surface area (Å²) in [6, 6.07) is 1.97. The Labute approximate surface area is 136 Å². The molecule has 0 N–H and O–H groups in total. The molecule has 23 heavy (non-hydrogen) atoms. The van der Waals surface area contributed by atoms with Crippen molar-refractivity contribution in [2.45, 2.75) is 26.2 Å². The Hall–Kier alpha value is -1.79. The standard InChI is InChI=1S/C17H23FN4O/c1-12(2)16-11-23-9-8-22(16)17-20-15(5-7-21(17)3)13-4-6-19-10-14(13)18/h4-7,10,12,16-17H,8-9,11H2,1-3H3/t16-,17?/m0/s1. The Balaban J connectivity index is 1.91. The first kappa shape index (κ1) is 16.1. The first-order valence-electron chi connectivity index (χ1n) is 7.99. The Bertz CT molecular complexity index is 616. The molecule has 1 saturated heterocycles. The van der Waals surface area contributed by atoms with E-state index in [-0.39, 0.29) is 12.1 Å². The van der Waals surface area contributed by atoms with Crippen LogP contribution in [-0.4, -0.2) is 59.6 Å². The van der Waals surface area contributed by atoms with Gasteiger partial charge in [0.2, 0.25) is 0 Å². The van der Waals surface area contributed by atoms with E-state index >= 15 is 0 Å². The maximum atomic E-state index is 14.0. The molecule has 124 valence electrons. The molecule has 0 radical (unpaired) electrons. The molecule has 1 fully saturated rings. The number of nitrogens with zero attached hydrogens (tertiary/aromatic N) is 4. The molecule has 1 aromatic heterocycles. The third-order valence-corrected chi connectivity index (χ3v) is 4.41. The van der Waals surface area contributed by atoms with Crippen LogP contribution in [0.2, 0.25) is 0 Å². The molecule has 2 aliphatic rings. The van der Waals surface area contributed by atoms with E-state index in [4.69, 9.17) is 9.73 Å². The molecule has 0 spiro atoms. The van der Waals surface area contributed by atoms with Crippen LogP contribution in [0.5, 0.6) is 0 Å². The van der Waals surface area contributed by atoms with Crippen LogP contribution in [0.3, 0.4) is 0 Å². The Morgan fingerprint density at radius 1 is 1.39 bits per heavy atom. The van der Waals surface area contributed by atoms with E-state index in [9.17, 15) is 4.39 Å². The second-order valence-corrected chi connectivity index (χ2v) is 6.32. The van der Waals surface area contributed by atoms with Crippen molar-refractivity contribution < 1.29 is 9.13 Å². The lowest BCUT2D eigenvalue weighted by molar-refractivity contribution is -0.0690. The van der Waals surface area contributed by atoms with Crippen LogP contribution in [0.25, 0.3) is 0 Å². The van der Waals surface area contributed by atoms with E-state index in [2.05, 4.69) is 28.6 Å². The lowest BCUT2D eigenvalue weighted by Crippen LogP contribution is -2.57. The van der Waals surface area contributed by atoms with Gasteiger partial charge in [-0.25, -0.2) is 9.38 Å². The summed E-state index contributed by atoms with van der Waals surface area (Å²) >= 11 is 0. The van der Waals surface area contributed by atoms with E-state index in [1.807, 2.05) is 19.3 Å². The van der Waals surface area contributed by atoms with Crippen molar-refractivity contribution in [3.05, 3.63) is 42.1 Å². The molecule has 0 amide bonds. The van der Waals surface area contributed by atoms with Gasteiger partial charge in [-0.2, -0.15) is 0 Å². The lowest BCUT2D eigenvalue weighted by atomic mass is 10.0. The van der Waals surface area contributed by atoms with Gasteiger partial charge in [-0.05, 0) is 18.1 Å². The summed E-state index contributed by atoms with van der Waals surface area (Å²) in [6.07, 6.45) is 6.48. The number of allylic oxidation sites excluding steroid dienone is 1. The van der Waals surface area contributed by atoms with Crippen LogP contribution < -0.4 is 0 Å². The summed E-state index contributed by atoms with van der Waals surface area (Å²) in [5.41, 5.74) is 1.14. The summed E-state index contributed by atoms with van der Waals surface area (Å²) in [4.78, 5) is 13.0. The normalized spacial score (nSPS) is 25.8. The predicted molar refractivity (Wildman–Crippen MR) is 87.6 cm³/mol. The molecule has 0 aliphatic carbocycles. The van der Waals surface area contributed by atoms with Crippen LogP contribution in [0.4, 0.5) is 4.39 Å². The van der Waals surface area contributed by atoms with Gasteiger partial charge in [0.25, 0.3) is 0 Å². The van der Waals surface area contributed by atoms with Crippen molar-refractivity contribution in [1.82, 2.24) is 14.8 Å². The third-order valence-electron chi connectivity index (χ3n) is 4.41. The third kappa shape index (κ3) is 3.28. The molecule has 3 rings (SSSR count).